The van der Waals surface area contributed by atoms with Gasteiger partial charge < -0.3 is 39.4 Å². The molecular weight excluding hydrogens is 873 g/mol. The number of thiazole rings is 1. The van der Waals surface area contributed by atoms with E-state index in [1.165, 1.54) is 21.2 Å². The van der Waals surface area contributed by atoms with Crippen LogP contribution in [0, 0.1) is 11.3 Å². The molecule has 18 heteroatoms. The third-order valence-corrected chi connectivity index (χ3v) is 14.5. The average molecular weight is 939 g/mol. The van der Waals surface area contributed by atoms with Gasteiger partial charge in [-0.3, -0.25) is 29.2 Å². The average Bonchev–Trinajstić information content (AvgIpc) is 3.99. The molecule has 3 N–H and O–H groups in total. The Morgan fingerprint density at radius 2 is 1.90 bits per heavy atom. The number of likely N-dealkylation sites (N-methyl/N-ethyl adjacent to an activating group) is 1. The van der Waals surface area contributed by atoms with Crippen LogP contribution in [0.25, 0.3) is 33.4 Å². The van der Waals surface area contributed by atoms with Crippen molar-refractivity contribution in [1.82, 2.24) is 50.3 Å². The van der Waals surface area contributed by atoms with Gasteiger partial charge >= 0.3 is 12.0 Å². The first-order valence-electron chi connectivity index (χ1n) is 23.7. The van der Waals surface area contributed by atoms with Gasteiger partial charge in [0, 0.05) is 105 Å². The molecule has 5 amide bonds. The molecule has 1 aromatic carbocycles. The number of rotatable bonds is 9. The summed E-state index contributed by atoms with van der Waals surface area (Å²) in [6.45, 7) is 16.9. The molecule has 67 heavy (non-hydrogen) atoms. The van der Waals surface area contributed by atoms with E-state index >= 15 is 0 Å². The number of aromatic nitrogens is 3. The summed E-state index contributed by atoms with van der Waals surface area (Å²) in [7, 11) is 3.30. The van der Waals surface area contributed by atoms with Crippen LogP contribution >= 0.6 is 11.3 Å². The molecule has 0 spiro atoms. The number of nitrogens with one attached hydrogen (secondary N) is 3. The van der Waals surface area contributed by atoms with Crippen molar-refractivity contribution in [3.05, 3.63) is 58.2 Å². The largest absolute Gasteiger partial charge is 0.464 e. The van der Waals surface area contributed by atoms with Crippen LogP contribution in [-0.2, 0) is 48.0 Å². The first-order valence-corrected chi connectivity index (χ1v) is 24.6. The maximum atomic E-state index is 14.7. The second-order valence-corrected chi connectivity index (χ2v) is 20.6. The van der Waals surface area contributed by atoms with Gasteiger partial charge in [0.25, 0.3) is 5.91 Å². The van der Waals surface area contributed by atoms with Gasteiger partial charge in [0.2, 0.25) is 11.8 Å². The van der Waals surface area contributed by atoms with Gasteiger partial charge in [0.05, 0.1) is 40.8 Å². The van der Waals surface area contributed by atoms with Crippen LogP contribution in [0.15, 0.2) is 41.9 Å². The second-order valence-electron chi connectivity index (χ2n) is 19.6. The molecule has 17 nitrogen and oxygen atoms in total. The highest BCUT2D eigenvalue weighted by atomic mass is 32.1. The highest BCUT2D eigenvalue weighted by Crippen LogP contribution is 2.42. The Morgan fingerprint density at radius 1 is 1.12 bits per heavy atom. The lowest BCUT2D eigenvalue weighted by Crippen LogP contribution is -2.63. The van der Waals surface area contributed by atoms with Gasteiger partial charge in [-0.05, 0) is 75.8 Å². The lowest BCUT2D eigenvalue weighted by molar-refractivity contribution is -0.155. The Balaban J connectivity index is 1.13. The zero-order valence-corrected chi connectivity index (χ0v) is 41.1. The molecule has 7 heterocycles. The number of hydrogen-bond donors (Lipinski definition) is 3. The number of amides is 5. The summed E-state index contributed by atoms with van der Waals surface area (Å²) in [6, 6.07) is 6.88. The third kappa shape index (κ3) is 9.94. The minimum atomic E-state index is -1.08. The number of carbonyl (C=O) groups excluding carboxylic acids is 5. The molecule has 8 rings (SSSR count). The predicted molar refractivity (Wildman–Crippen MR) is 256 cm³/mol. The molecule has 3 aromatic heterocycles. The number of pyridine rings is 1. The SMILES string of the molecule is CCn1c(-c2cccnc2[C@H](C)OC)c2c3cc(ccc31)-c1csc(n1)C[C@H](NC(=O)C(C(C)C)N(C)C(=O)N1CCN(C(=O)[C@@H]3CN3)C[C@H]1C)C(=O)N1CCC[C@H](N1)C(=O)OCC(C)(C)C2. The number of fused-ring (bicyclic) bond motifs is 6. The normalized spacial score (nSPS) is 23.1. The fourth-order valence-corrected chi connectivity index (χ4v) is 10.8. The van der Waals surface area contributed by atoms with Crippen molar-refractivity contribution in [1.29, 1.82) is 0 Å². The van der Waals surface area contributed by atoms with Crippen molar-refractivity contribution >= 4 is 52.0 Å². The smallest absolute Gasteiger partial charge is 0.324 e. The number of ether oxygens (including phenoxy) is 2. The lowest BCUT2D eigenvalue weighted by atomic mass is 9.84. The molecule has 360 valence electrons. The van der Waals surface area contributed by atoms with E-state index in [4.69, 9.17) is 19.4 Å². The lowest BCUT2D eigenvalue weighted by Gasteiger charge is -2.43. The van der Waals surface area contributed by atoms with E-state index in [2.05, 4.69) is 65.7 Å². The number of cyclic esters (lactones) is 1. The van der Waals surface area contributed by atoms with Crippen LogP contribution in [0.4, 0.5) is 4.79 Å². The van der Waals surface area contributed by atoms with Crippen molar-refractivity contribution in [3.63, 3.8) is 0 Å². The molecular formula is C49H66N10O7S. The number of carbonyl (C=O) groups is 5. The summed E-state index contributed by atoms with van der Waals surface area (Å²) < 4.78 is 14.3. The van der Waals surface area contributed by atoms with E-state index in [-0.39, 0.29) is 49.1 Å². The molecule has 3 fully saturated rings. The standard InChI is InChI=1S/C49H66N10O7S/c1-10-57-39-16-15-31-21-33(39)34(43(57)32-13-11-17-50-41(32)30(5)65-9)23-49(6,7)27-66-47(63)35-14-12-18-59(54-35)46(62)36(22-40-52-38(31)26-67-40)53-44(60)42(28(2)3)55(8)48(64)58-20-19-56(25-29(58)4)45(61)37-24-51-37/h11,13,15-17,21,26,28-30,35-37,42,51,54H,10,12,14,18-20,22-25,27H2,1-9H3,(H,53,60)/t29-,30+,35+,36+,37+,42?/m1/s1. The number of urea groups is 1. The van der Waals surface area contributed by atoms with Gasteiger partial charge in [-0.15, -0.1) is 11.3 Å². The monoisotopic (exact) mass is 938 g/mol. The zero-order chi connectivity index (χ0) is 47.9. The molecule has 4 aromatic rings. The summed E-state index contributed by atoms with van der Waals surface area (Å²) in [6.07, 6.45) is 3.20. The van der Waals surface area contributed by atoms with Crippen molar-refractivity contribution in [3.8, 4) is 22.5 Å². The summed E-state index contributed by atoms with van der Waals surface area (Å²) >= 11 is 1.41. The number of hydrogen-bond acceptors (Lipinski definition) is 12. The molecule has 1 unspecified atom stereocenters. The van der Waals surface area contributed by atoms with E-state index in [0.29, 0.717) is 63.5 Å². The third-order valence-electron chi connectivity index (χ3n) is 13.7. The van der Waals surface area contributed by atoms with Gasteiger partial charge in [0.1, 0.15) is 18.1 Å². The molecule has 4 aliphatic rings. The summed E-state index contributed by atoms with van der Waals surface area (Å²) in [4.78, 5) is 84.9. The maximum absolute atomic E-state index is 14.7. The minimum Gasteiger partial charge on any atom is -0.464 e. The first kappa shape index (κ1) is 48.0. The highest BCUT2D eigenvalue weighted by Gasteiger charge is 2.42. The first-order chi connectivity index (χ1) is 32.0. The number of nitrogens with zero attached hydrogens (tertiary/aromatic N) is 7. The second kappa shape index (κ2) is 19.7. The van der Waals surface area contributed by atoms with Crippen LogP contribution in [0.1, 0.15) is 83.7 Å². The Bertz CT molecular complexity index is 2520. The summed E-state index contributed by atoms with van der Waals surface area (Å²) in [5.41, 5.74) is 9.28. The molecule has 3 saturated heterocycles. The van der Waals surface area contributed by atoms with E-state index < -0.39 is 41.3 Å². The number of esters is 1. The van der Waals surface area contributed by atoms with Gasteiger partial charge in [-0.2, -0.15) is 0 Å². The van der Waals surface area contributed by atoms with Crippen molar-refractivity contribution < 1.29 is 33.4 Å². The molecule has 0 radical (unpaired) electrons. The van der Waals surface area contributed by atoms with Crippen molar-refractivity contribution in [2.24, 2.45) is 11.3 Å². The fraction of sp³-hybridized carbons (Fsp3) is 0.571. The molecule has 4 aliphatic heterocycles. The number of methoxy groups -OCH3 is 1. The fourth-order valence-electron chi connectivity index (χ4n) is 9.96. The maximum Gasteiger partial charge on any atom is 0.324 e. The van der Waals surface area contributed by atoms with Crippen LogP contribution in [-0.4, -0.2) is 148 Å². The van der Waals surface area contributed by atoms with Gasteiger partial charge in [0.15, 0.2) is 0 Å². The number of hydrazine groups is 1. The van der Waals surface area contributed by atoms with Crippen molar-refractivity contribution in [2.45, 2.75) is 117 Å². The number of aryl methyl sites for hydroxylation is 1. The Labute approximate surface area is 396 Å². The van der Waals surface area contributed by atoms with Gasteiger partial charge in [-0.1, -0.05) is 33.8 Å². The highest BCUT2D eigenvalue weighted by molar-refractivity contribution is 7.10. The summed E-state index contributed by atoms with van der Waals surface area (Å²) in [5, 5.41) is 11.2. The molecule has 0 saturated carbocycles. The molecule has 6 atom stereocenters. The molecule has 6 bridgehead atoms. The topological polar surface area (TPSA) is 193 Å². The zero-order valence-electron chi connectivity index (χ0n) is 40.3. The Kier molecular flexibility index (Phi) is 14.1. The van der Waals surface area contributed by atoms with E-state index in [9.17, 15) is 24.0 Å². The van der Waals surface area contributed by atoms with E-state index in [1.807, 2.05) is 39.1 Å². The molecule has 0 aliphatic carbocycles. The van der Waals surface area contributed by atoms with E-state index in [1.54, 1.807) is 30.2 Å². The van der Waals surface area contributed by atoms with Crippen LogP contribution < -0.4 is 16.1 Å². The Morgan fingerprint density at radius 3 is 2.60 bits per heavy atom. The van der Waals surface area contributed by atoms with Crippen LogP contribution in [0.2, 0.25) is 0 Å². The quantitative estimate of drug-likeness (QED) is 0.155. The van der Waals surface area contributed by atoms with Crippen LogP contribution in [0.5, 0.6) is 0 Å². The number of piperazine rings is 1. The summed E-state index contributed by atoms with van der Waals surface area (Å²) in [5.74, 6) is -1.63. The van der Waals surface area contributed by atoms with E-state index in [0.717, 1.165) is 44.7 Å². The predicted octanol–water partition coefficient (Wildman–Crippen LogP) is 4.78. The minimum absolute atomic E-state index is 0.0448. The van der Waals surface area contributed by atoms with Crippen molar-refractivity contribution in [2.75, 3.05) is 53.5 Å². The Hall–Kier alpha value is -5.43. The number of benzene rings is 1. The van der Waals surface area contributed by atoms with Gasteiger partial charge in [-0.25, -0.2) is 15.2 Å². The van der Waals surface area contributed by atoms with Crippen LogP contribution in [0.3, 0.4) is 0 Å².